The van der Waals surface area contributed by atoms with Crippen molar-refractivity contribution in [3.63, 3.8) is 0 Å². The third-order valence-electron chi connectivity index (χ3n) is 9.70. The zero-order valence-corrected chi connectivity index (χ0v) is 21.0. The molecule has 7 heteroatoms. The monoisotopic (exact) mass is 459 g/mol. The Balaban J connectivity index is 1.29. The summed E-state index contributed by atoms with van der Waals surface area (Å²) >= 11 is 0. The number of rotatable bonds is 3. The molecule has 2 bridgehead atoms. The lowest BCUT2D eigenvalue weighted by Crippen LogP contribution is -2.69. The first kappa shape index (κ1) is 22.5. The molecule has 1 saturated carbocycles. The van der Waals surface area contributed by atoms with Gasteiger partial charge in [0.2, 0.25) is 5.79 Å². The van der Waals surface area contributed by atoms with E-state index in [1.165, 1.54) is 17.8 Å². The maximum Gasteiger partial charge on any atom is 0.201 e. The van der Waals surface area contributed by atoms with Gasteiger partial charge >= 0.3 is 0 Å². The van der Waals surface area contributed by atoms with E-state index in [-0.39, 0.29) is 12.4 Å². The standard InChI is InChI=1S/C26H41N3O4/c1-17-6-8-21-18(2)23(30-24-26(21)20(17)10-11-25(3,31-24)32-33-26)22-9-7-19(28(22)5)16-29-14-12-27(4)13-15-29/h7,9,17-18,20-21,23-24H,6,8,10-16H2,1-5H3/t17-,18-,20+,21+,23-,24-,25-,26-/m1/s1. The van der Waals surface area contributed by atoms with Crippen LogP contribution in [0.1, 0.15) is 63.9 Å². The molecule has 1 spiro atoms. The van der Waals surface area contributed by atoms with E-state index in [4.69, 9.17) is 19.2 Å². The molecule has 7 nitrogen and oxygen atoms in total. The van der Waals surface area contributed by atoms with Crippen molar-refractivity contribution in [3.05, 3.63) is 23.5 Å². The SMILES string of the molecule is C[C@H]1[C@H](c2ccc(CN3CCN(C)CC3)n2C)O[C@@H]2O[C@@]3(C)CC[C@H]4[C@H](C)CC[C@@H]1[C@@]24OO3. The predicted molar refractivity (Wildman–Crippen MR) is 124 cm³/mol. The molecular formula is C26H41N3O4. The summed E-state index contributed by atoms with van der Waals surface area (Å²) in [6.07, 6.45) is 3.92. The molecule has 0 unspecified atom stereocenters. The maximum absolute atomic E-state index is 6.87. The molecule has 5 saturated heterocycles. The molecule has 1 aromatic rings. The summed E-state index contributed by atoms with van der Waals surface area (Å²) in [6, 6.07) is 4.57. The van der Waals surface area contributed by atoms with Gasteiger partial charge in [0.25, 0.3) is 0 Å². The second-order valence-corrected chi connectivity index (χ2v) is 11.7. The zero-order valence-electron chi connectivity index (χ0n) is 21.0. The minimum atomic E-state index is -0.719. The third-order valence-corrected chi connectivity index (χ3v) is 9.70. The van der Waals surface area contributed by atoms with Gasteiger partial charge in [-0.05, 0) is 63.1 Å². The molecule has 0 amide bonds. The summed E-state index contributed by atoms with van der Waals surface area (Å²) in [5, 5.41) is 0. The molecule has 6 heterocycles. The molecule has 184 valence electrons. The van der Waals surface area contributed by atoms with Crippen molar-refractivity contribution in [1.29, 1.82) is 0 Å². The van der Waals surface area contributed by atoms with Crippen LogP contribution in [0.4, 0.5) is 0 Å². The normalized spacial score (nSPS) is 46.2. The highest BCUT2D eigenvalue weighted by Crippen LogP contribution is 2.62. The minimum absolute atomic E-state index is 0.00234. The van der Waals surface area contributed by atoms with Gasteiger partial charge in [0.05, 0.1) is 0 Å². The average molecular weight is 460 g/mol. The Morgan fingerprint density at radius 2 is 1.76 bits per heavy atom. The molecular weight excluding hydrogens is 418 g/mol. The number of piperazine rings is 1. The zero-order chi connectivity index (χ0) is 23.0. The highest BCUT2D eigenvalue weighted by atomic mass is 17.3. The Morgan fingerprint density at radius 3 is 2.55 bits per heavy atom. The van der Waals surface area contributed by atoms with Crippen LogP contribution in [-0.4, -0.2) is 65.3 Å². The molecule has 6 aliphatic rings. The molecule has 6 fully saturated rings. The summed E-state index contributed by atoms with van der Waals surface area (Å²) in [5.74, 6) is 0.977. The van der Waals surface area contributed by atoms with E-state index in [1.54, 1.807) is 0 Å². The Hall–Kier alpha value is -0.960. The fourth-order valence-corrected chi connectivity index (χ4v) is 7.49. The second-order valence-electron chi connectivity index (χ2n) is 11.7. The van der Waals surface area contributed by atoms with E-state index in [0.29, 0.717) is 23.7 Å². The van der Waals surface area contributed by atoms with E-state index in [1.807, 2.05) is 6.92 Å². The molecule has 8 atom stereocenters. The molecule has 5 aliphatic heterocycles. The lowest BCUT2D eigenvalue weighted by Gasteiger charge is -2.60. The highest BCUT2D eigenvalue weighted by Gasteiger charge is 2.69. The van der Waals surface area contributed by atoms with Gasteiger partial charge in [0.15, 0.2) is 11.9 Å². The molecule has 33 heavy (non-hydrogen) atoms. The summed E-state index contributed by atoms with van der Waals surface area (Å²) in [5.41, 5.74) is 2.12. The fraction of sp³-hybridized carbons (Fsp3) is 0.846. The molecule has 7 rings (SSSR count). The van der Waals surface area contributed by atoms with Crippen molar-refractivity contribution < 1.29 is 19.2 Å². The summed E-state index contributed by atoms with van der Waals surface area (Å²) in [7, 11) is 4.41. The van der Waals surface area contributed by atoms with Gasteiger partial charge in [-0.15, -0.1) is 0 Å². The van der Waals surface area contributed by atoms with E-state index in [9.17, 15) is 0 Å². The van der Waals surface area contributed by atoms with Gasteiger partial charge in [0.1, 0.15) is 6.10 Å². The van der Waals surface area contributed by atoms with Gasteiger partial charge in [0, 0.05) is 63.5 Å². The van der Waals surface area contributed by atoms with Gasteiger partial charge < -0.3 is 18.9 Å². The number of ether oxygens (including phenoxy) is 2. The topological polar surface area (TPSA) is 48.3 Å². The molecule has 1 aliphatic carbocycles. The van der Waals surface area contributed by atoms with Crippen LogP contribution >= 0.6 is 0 Å². The first-order valence-corrected chi connectivity index (χ1v) is 13.1. The van der Waals surface area contributed by atoms with E-state index in [2.05, 4.69) is 54.4 Å². The molecule has 1 aromatic heterocycles. The minimum Gasteiger partial charge on any atom is -0.348 e. The van der Waals surface area contributed by atoms with Crippen LogP contribution in [0.25, 0.3) is 0 Å². The smallest absolute Gasteiger partial charge is 0.201 e. The van der Waals surface area contributed by atoms with Crippen LogP contribution in [0, 0.1) is 23.7 Å². The third kappa shape index (κ3) is 3.46. The predicted octanol–water partition coefficient (Wildman–Crippen LogP) is 3.70. The average Bonchev–Trinajstić information content (AvgIpc) is 2.98. The van der Waals surface area contributed by atoms with Crippen LogP contribution in [0.2, 0.25) is 0 Å². The Labute approximate surface area is 198 Å². The second kappa shape index (κ2) is 8.04. The van der Waals surface area contributed by atoms with Crippen molar-refractivity contribution in [2.75, 3.05) is 33.2 Å². The van der Waals surface area contributed by atoms with Crippen LogP contribution in [0.5, 0.6) is 0 Å². The molecule has 0 aromatic carbocycles. The summed E-state index contributed by atoms with van der Waals surface area (Å²) < 4.78 is 15.8. The maximum atomic E-state index is 6.87. The van der Waals surface area contributed by atoms with E-state index in [0.717, 1.165) is 52.0 Å². The lowest BCUT2D eigenvalue weighted by molar-refractivity contribution is -0.571. The van der Waals surface area contributed by atoms with E-state index < -0.39 is 11.4 Å². The number of nitrogens with zero attached hydrogens (tertiary/aromatic N) is 3. The van der Waals surface area contributed by atoms with Crippen molar-refractivity contribution in [1.82, 2.24) is 14.4 Å². The van der Waals surface area contributed by atoms with Crippen molar-refractivity contribution in [2.24, 2.45) is 30.7 Å². The number of hydrogen-bond donors (Lipinski definition) is 0. The van der Waals surface area contributed by atoms with Crippen LogP contribution < -0.4 is 0 Å². The first-order chi connectivity index (χ1) is 15.8. The van der Waals surface area contributed by atoms with Crippen molar-refractivity contribution >= 4 is 0 Å². The van der Waals surface area contributed by atoms with Gasteiger partial charge in [-0.1, -0.05) is 13.8 Å². The van der Waals surface area contributed by atoms with E-state index >= 15 is 0 Å². The Bertz CT molecular complexity index is 883. The number of fused-ring (bicyclic) bond motifs is 2. The van der Waals surface area contributed by atoms with Crippen molar-refractivity contribution in [3.8, 4) is 0 Å². The summed E-state index contributed by atoms with van der Waals surface area (Å²) in [4.78, 5) is 17.3. The Morgan fingerprint density at radius 1 is 0.970 bits per heavy atom. The van der Waals surface area contributed by atoms with Crippen molar-refractivity contribution in [2.45, 2.75) is 76.8 Å². The fourth-order valence-electron chi connectivity index (χ4n) is 7.49. The van der Waals surface area contributed by atoms with Gasteiger partial charge in [-0.2, -0.15) is 0 Å². The summed E-state index contributed by atoms with van der Waals surface area (Å²) in [6.45, 7) is 12.3. The van der Waals surface area contributed by atoms with Gasteiger partial charge in [-0.3, -0.25) is 4.90 Å². The van der Waals surface area contributed by atoms with Gasteiger partial charge in [-0.25, -0.2) is 9.78 Å². The van der Waals surface area contributed by atoms with Crippen LogP contribution in [0.15, 0.2) is 12.1 Å². The lowest BCUT2D eigenvalue weighted by atomic mass is 9.57. The largest absolute Gasteiger partial charge is 0.348 e. The molecule has 0 N–H and O–H groups in total. The number of likely N-dealkylation sites (N-methyl/N-ethyl adjacent to an activating group) is 1. The first-order valence-electron chi connectivity index (χ1n) is 13.1. The Kier molecular flexibility index (Phi) is 5.48. The van der Waals surface area contributed by atoms with Crippen LogP contribution in [-0.2, 0) is 32.8 Å². The quantitative estimate of drug-likeness (QED) is 0.643. The molecule has 0 radical (unpaired) electrons. The number of aromatic nitrogens is 1. The highest BCUT2D eigenvalue weighted by molar-refractivity contribution is 5.22. The number of hydrogen-bond acceptors (Lipinski definition) is 6. The van der Waals surface area contributed by atoms with Crippen LogP contribution in [0.3, 0.4) is 0 Å².